The number of aromatic nitrogens is 2. The summed E-state index contributed by atoms with van der Waals surface area (Å²) < 4.78 is 1.82. The molecule has 3 rings (SSSR count). The first-order valence-corrected chi connectivity index (χ1v) is 9.89. The van der Waals surface area contributed by atoms with Gasteiger partial charge < -0.3 is 10.2 Å². The molecule has 28 heavy (non-hydrogen) atoms. The second-order valence-corrected chi connectivity index (χ2v) is 8.75. The highest BCUT2D eigenvalue weighted by atomic mass is 16.2. The minimum Gasteiger partial charge on any atom is -0.341 e. The smallest absolute Gasteiger partial charge is 0.230 e. The van der Waals surface area contributed by atoms with E-state index in [1.165, 1.54) is 5.56 Å². The van der Waals surface area contributed by atoms with Gasteiger partial charge in [0.15, 0.2) is 5.82 Å². The van der Waals surface area contributed by atoms with Gasteiger partial charge in [0.2, 0.25) is 11.8 Å². The number of piperidine rings is 1. The molecule has 2 aromatic rings. The Hall–Kier alpha value is -2.63. The Morgan fingerprint density at radius 3 is 2.46 bits per heavy atom. The molecule has 0 aliphatic carbocycles. The Morgan fingerprint density at radius 1 is 1.14 bits per heavy atom. The molecule has 0 saturated carbocycles. The molecule has 1 aliphatic heterocycles. The van der Waals surface area contributed by atoms with Crippen LogP contribution in [0.15, 0.2) is 30.3 Å². The fraction of sp³-hybridized carbons (Fsp3) is 0.500. The average molecular weight is 383 g/mol. The summed E-state index contributed by atoms with van der Waals surface area (Å²) in [7, 11) is 0. The van der Waals surface area contributed by atoms with Crippen molar-refractivity contribution >= 4 is 17.6 Å². The first kappa shape index (κ1) is 20.1. The number of hydrogen-bond acceptors (Lipinski definition) is 3. The molecule has 2 heterocycles. The van der Waals surface area contributed by atoms with E-state index >= 15 is 0 Å². The zero-order valence-corrected chi connectivity index (χ0v) is 17.5. The molecule has 6 heteroatoms. The topological polar surface area (TPSA) is 67.2 Å². The number of anilines is 1. The van der Waals surface area contributed by atoms with Crippen LogP contribution in [0.3, 0.4) is 0 Å². The van der Waals surface area contributed by atoms with Crippen LogP contribution in [0.4, 0.5) is 5.82 Å². The minimum atomic E-state index is -0.428. The van der Waals surface area contributed by atoms with Gasteiger partial charge in [0, 0.05) is 30.3 Å². The molecule has 0 spiro atoms. The molecular weight excluding hydrogens is 352 g/mol. The third-order valence-electron chi connectivity index (χ3n) is 5.14. The second-order valence-electron chi connectivity index (χ2n) is 8.75. The Morgan fingerprint density at radius 2 is 1.82 bits per heavy atom. The predicted molar refractivity (Wildman–Crippen MR) is 110 cm³/mol. The monoisotopic (exact) mass is 382 g/mol. The molecule has 1 fully saturated rings. The number of nitrogens with zero attached hydrogens (tertiary/aromatic N) is 3. The first-order valence-electron chi connectivity index (χ1n) is 9.89. The van der Waals surface area contributed by atoms with Crippen molar-refractivity contribution in [1.29, 1.82) is 0 Å². The number of rotatable bonds is 3. The van der Waals surface area contributed by atoms with Gasteiger partial charge in [0.05, 0.1) is 11.6 Å². The van der Waals surface area contributed by atoms with Crippen LogP contribution in [0.1, 0.15) is 44.9 Å². The van der Waals surface area contributed by atoms with Gasteiger partial charge >= 0.3 is 0 Å². The normalized spacial score (nSPS) is 17.5. The fourth-order valence-corrected chi connectivity index (χ4v) is 3.56. The van der Waals surface area contributed by atoms with Crippen molar-refractivity contribution in [3.05, 3.63) is 41.6 Å². The van der Waals surface area contributed by atoms with E-state index in [1.807, 2.05) is 74.5 Å². The van der Waals surface area contributed by atoms with Crippen LogP contribution in [0.5, 0.6) is 0 Å². The van der Waals surface area contributed by atoms with Gasteiger partial charge in [0.1, 0.15) is 0 Å². The van der Waals surface area contributed by atoms with E-state index < -0.39 is 5.41 Å². The van der Waals surface area contributed by atoms with E-state index in [4.69, 9.17) is 0 Å². The summed E-state index contributed by atoms with van der Waals surface area (Å²) in [5.41, 5.74) is 2.67. The van der Waals surface area contributed by atoms with E-state index in [0.29, 0.717) is 12.4 Å². The number of aryl methyl sites for hydroxylation is 2. The van der Waals surface area contributed by atoms with Crippen LogP contribution in [0, 0.1) is 25.2 Å². The summed E-state index contributed by atoms with van der Waals surface area (Å²) in [6.45, 7) is 11.0. The van der Waals surface area contributed by atoms with E-state index in [0.717, 1.165) is 30.8 Å². The molecule has 1 N–H and O–H groups in total. The maximum absolute atomic E-state index is 12.8. The summed E-state index contributed by atoms with van der Waals surface area (Å²) in [5, 5.41) is 7.49. The standard InChI is InChI=1S/C22H30N4O2/c1-15-8-10-18(11-9-15)26-16(2)13-19(24-26)23-20(27)17-7-6-12-25(14-17)21(28)22(3,4)5/h8-11,13,17H,6-7,12,14H2,1-5H3,(H,23,24,27). The molecule has 1 aliphatic rings. The largest absolute Gasteiger partial charge is 0.341 e. The third-order valence-corrected chi connectivity index (χ3v) is 5.14. The van der Waals surface area contributed by atoms with Gasteiger partial charge in [-0.05, 0) is 38.8 Å². The predicted octanol–water partition coefficient (Wildman–Crippen LogP) is 3.71. The lowest BCUT2D eigenvalue weighted by Crippen LogP contribution is -2.47. The SMILES string of the molecule is Cc1ccc(-n2nc(NC(=O)C3CCCN(C(=O)C(C)(C)C)C3)cc2C)cc1. The fourth-order valence-electron chi connectivity index (χ4n) is 3.56. The molecular formula is C22H30N4O2. The molecule has 0 bridgehead atoms. The van der Waals surface area contributed by atoms with Crippen molar-refractivity contribution in [3.8, 4) is 5.69 Å². The zero-order chi connectivity index (χ0) is 20.5. The number of likely N-dealkylation sites (tertiary alicyclic amines) is 1. The molecule has 1 atom stereocenters. The molecule has 0 radical (unpaired) electrons. The highest BCUT2D eigenvalue weighted by Crippen LogP contribution is 2.24. The van der Waals surface area contributed by atoms with Gasteiger partial charge in [-0.1, -0.05) is 38.5 Å². The van der Waals surface area contributed by atoms with Crippen LogP contribution >= 0.6 is 0 Å². The lowest BCUT2D eigenvalue weighted by atomic mass is 9.91. The highest BCUT2D eigenvalue weighted by Gasteiger charge is 2.33. The Bertz CT molecular complexity index is 862. The quantitative estimate of drug-likeness (QED) is 0.880. The van der Waals surface area contributed by atoms with E-state index in [9.17, 15) is 9.59 Å². The zero-order valence-electron chi connectivity index (χ0n) is 17.5. The molecule has 1 saturated heterocycles. The number of benzene rings is 1. The van der Waals surface area contributed by atoms with Crippen LogP contribution in [-0.4, -0.2) is 39.6 Å². The van der Waals surface area contributed by atoms with Crippen molar-refractivity contribution in [3.63, 3.8) is 0 Å². The van der Waals surface area contributed by atoms with E-state index in [2.05, 4.69) is 10.4 Å². The number of carbonyl (C=O) groups is 2. The molecule has 1 unspecified atom stereocenters. The minimum absolute atomic E-state index is 0.0695. The van der Waals surface area contributed by atoms with E-state index in [-0.39, 0.29) is 17.7 Å². The van der Waals surface area contributed by atoms with Crippen molar-refractivity contribution < 1.29 is 9.59 Å². The van der Waals surface area contributed by atoms with Gasteiger partial charge in [-0.2, -0.15) is 0 Å². The molecule has 2 amide bonds. The Labute approximate surface area is 166 Å². The lowest BCUT2D eigenvalue weighted by Gasteiger charge is -2.35. The summed E-state index contributed by atoms with van der Waals surface area (Å²) >= 11 is 0. The molecule has 150 valence electrons. The van der Waals surface area contributed by atoms with Gasteiger partial charge in [-0.15, -0.1) is 5.10 Å². The van der Waals surface area contributed by atoms with Crippen LogP contribution < -0.4 is 5.32 Å². The number of hydrogen-bond donors (Lipinski definition) is 1. The van der Waals surface area contributed by atoms with Crippen molar-refractivity contribution in [2.24, 2.45) is 11.3 Å². The number of amides is 2. The highest BCUT2D eigenvalue weighted by molar-refractivity contribution is 5.92. The second kappa shape index (κ2) is 7.78. The molecule has 1 aromatic carbocycles. The maximum Gasteiger partial charge on any atom is 0.230 e. The summed E-state index contributed by atoms with van der Waals surface area (Å²) in [4.78, 5) is 27.2. The van der Waals surface area contributed by atoms with Crippen LogP contribution in [-0.2, 0) is 9.59 Å². The van der Waals surface area contributed by atoms with Gasteiger partial charge in [-0.3, -0.25) is 9.59 Å². The summed E-state index contributed by atoms with van der Waals surface area (Å²) in [5.74, 6) is 0.372. The van der Waals surface area contributed by atoms with Crippen molar-refractivity contribution in [2.45, 2.75) is 47.5 Å². The van der Waals surface area contributed by atoms with Crippen LogP contribution in [0.25, 0.3) is 5.69 Å². The number of carbonyl (C=O) groups excluding carboxylic acids is 2. The van der Waals surface area contributed by atoms with Gasteiger partial charge in [-0.25, -0.2) is 4.68 Å². The first-order chi connectivity index (χ1) is 13.1. The van der Waals surface area contributed by atoms with Crippen LogP contribution in [0.2, 0.25) is 0 Å². The van der Waals surface area contributed by atoms with Crippen molar-refractivity contribution in [2.75, 3.05) is 18.4 Å². The van der Waals surface area contributed by atoms with Crippen molar-refractivity contribution in [1.82, 2.24) is 14.7 Å². The number of nitrogens with one attached hydrogen (secondary N) is 1. The molecule has 1 aromatic heterocycles. The Balaban J connectivity index is 1.68. The maximum atomic E-state index is 12.8. The summed E-state index contributed by atoms with van der Waals surface area (Å²) in [6, 6.07) is 9.98. The third kappa shape index (κ3) is 4.43. The lowest BCUT2D eigenvalue weighted by molar-refractivity contribution is -0.142. The van der Waals surface area contributed by atoms with Gasteiger partial charge in [0.25, 0.3) is 0 Å². The Kier molecular flexibility index (Phi) is 5.59. The summed E-state index contributed by atoms with van der Waals surface area (Å²) in [6.07, 6.45) is 1.63. The van der Waals surface area contributed by atoms with E-state index in [1.54, 1.807) is 0 Å². The molecule has 6 nitrogen and oxygen atoms in total. The average Bonchev–Trinajstić information content (AvgIpc) is 3.01.